The Hall–Kier alpha value is -1.28. The summed E-state index contributed by atoms with van der Waals surface area (Å²) in [7, 11) is 0. The SMILES string of the molecule is CC(C)(C)C(=O)OCOC(=O)[C@@H]1N2C(=O)[C@H](O)[C@H]2SC1(C)C. The van der Waals surface area contributed by atoms with Gasteiger partial charge in [0, 0.05) is 4.75 Å². The molecule has 0 aliphatic carbocycles. The maximum Gasteiger partial charge on any atom is 0.333 e. The van der Waals surface area contributed by atoms with Crippen LogP contribution in [0.5, 0.6) is 0 Å². The first-order chi connectivity index (χ1) is 9.97. The van der Waals surface area contributed by atoms with Crippen molar-refractivity contribution in [1.29, 1.82) is 0 Å². The molecule has 2 heterocycles. The molecule has 0 unspecified atom stereocenters. The highest BCUT2D eigenvalue weighted by Crippen LogP contribution is 2.50. The van der Waals surface area contributed by atoms with Gasteiger partial charge >= 0.3 is 11.9 Å². The van der Waals surface area contributed by atoms with Crippen LogP contribution >= 0.6 is 11.8 Å². The number of aliphatic hydroxyl groups excluding tert-OH is 1. The second-order valence-electron chi connectivity index (χ2n) is 6.97. The number of carbonyl (C=O) groups excluding carboxylic acids is 3. The van der Waals surface area contributed by atoms with Gasteiger partial charge in [-0.2, -0.15) is 0 Å². The van der Waals surface area contributed by atoms with Crippen molar-refractivity contribution in [3.63, 3.8) is 0 Å². The minimum atomic E-state index is -1.07. The van der Waals surface area contributed by atoms with E-state index < -0.39 is 52.3 Å². The summed E-state index contributed by atoms with van der Waals surface area (Å²) in [5.74, 6) is -1.59. The molecule has 2 rings (SSSR count). The van der Waals surface area contributed by atoms with Gasteiger partial charge in [-0.05, 0) is 34.6 Å². The number of amides is 1. The Bertz CT molecular complexity index is 512. The van der Waals surface area contributed by atoms with E-state index in [1.165, 1.54) is 16.7 Å². The van der Waals surface area contributed by atoms with E-state index in [0.29, 0.717) is 0 Å². The smallest absolute Gasteiger partial charge is 0.333 e. The molecule has 124 valence electrons. The third-order valence-electron chi connectivity index (χ3n) is 3.64. The monoisotopic (exact) mass is 331 g/mol. The number of thioether (sulfide) groups is 1. The van der Waals surface area contributed by atoms with Crippen molar-refractivity contribution in [1.82, 2.24) is 4.90 Å². The van der Waals surface area contributed by atoms with Crippen LogP contribution in [0.2, 0.25) is 0 Å². The number of hydrogen-bond acceptors (Lipinski definition) is 7. The number of nitrogens with zero attached hydrogens (tertiary/aromatic N) is 1. The number of rotatable bonds is 3. The second kappa shape index (κ2) is 5.42. The standard InChI is InChI=1S/C14H21NO6S/c1-13(2,3)12(19)21-6-20-11(18)8-14(4,5)22-10-7(16)9(17)15(8)10/h7-8,10,16H,6H2,1-5H3/t7-,8-,10+/m0/s1. The van der Waals surface area contributed by atoms with Crippen LogP contribution in [-0.4, -0.2) is 56.9 Å². The molecular formula is C14H21NO6S. The maximum atomic E-state index is 12.2. The van der Waals surface area contributed by atoms with E-state index >= 15 is 0 Å². The Kier molecular flexibility index (Phi) is 4.20. The van der Waals surface area contributed by atoms with Crippen molar-refractivity contribution in [3.8, 4) is 0 Å². The van der Waals surface area contributed by atoms with Crippen LogP contribution in [0.25, 0.3) is 0 Å². The van der Waals surface area contributed by atoms with E-state index in [1.807, 2.05) is 13.8 Å². The fraction of sp³-hybridized carbons (Fsp3) is 0.786. The molecule has 3 atom stereocenters. The van der Waals surface area contributed by atoms with Gasteiger partial charge in [0.2, 0.25) is 6.79 Å². The van der Waals surface area contributed by atoms with Crippen LogP contribution in [0.15, 0.2) is 0 Å². The lowest BCUT2D eigenvalue weighted by Crippen LogP contribution is -2.65. The zero-order chi connectivity index (χ0) is 16.9. The highest BCUT2D eigenvalue weighted by molar-refractivity contribution is 8.01. The molecule has 8 heteroatoms. The molecule has 7 nitrogen and oxygen atoms in total. The molecule has 0 aromatic carbocycles. The molecule has 2 aliphatic heterocycles. The van der Waals surface area contributed by atoms with Crippen molar-refractivity contribution in [3.05, 3.63) is 0 Å². The molecule has 22 heavy (non-hydrogen) atoms. The van der Waals surface area contributed by atoms with Gasteiger partial charge in [-0.1, -0.05) is 0 Å². The zero-order valence-corrected chi connectivity index (χ0v) is 14.1. The molecule has 2 saturated heterocycles. The van der Waals surface area contributed by atoms with Gasteiger partial charge in [0.15, 0.2) is 6.10 Å². The number of ether oxygens (including phenoxy) is 2. The summed E-state index contributed by atoms with van der Waals surface area (Å²) in [6.45, 7) is 8.21. The Morgan fingerprint density at radius 2 is 1.91 bits per heavy atom. The molecule has 2 aliphatic rings. The number of hydrogen-bond donors (Lipinski definition) is 1. The highest BCUT2D eigenvalue weighted by atomic mass is 32.2. The lowest BCUT2D eigenvalue weighted by atomic mass is 9.97. The molecule has 1 amide bonds. The van der Waals surface area contributed by atoms with Gasteiger partial charge in [0.05, 0.1) is 5.41 Å². The van der Waals surface area contributed by atoms with Crippen LogP contribution < -0.4 is 0 Å². The van der Waals surface area contributed by atoms with E-state index in [2.05, 4.69) is 0 Å². The van der Waals surface area contributed by atoms with Crippen molar-refractivity contribution < 1.29 is 29.0 Å². The Morgan fingerprint density at radius 3 is 2.45 bits per heavy atom. The summed E-state index contributed by atoms with van der Waals surface area (Å²) in [4.78, 5) is 36.9. The topological polar surface area (TPSA) is 93.1 Å². The number of carbonyl (C=O) groups is 3. The van der Waals surface area contributed by atoms with Gasteiger partial charge in [-0.25, -0.2) is 4.79 Å². The third-order valence-corrected chi connectivity index (χ3v) is 5.20. The molecule has 0 aromatic rings. The van der Waals surface area contributed by atoms with E-state index in [0.717, 1.165) is 0 Å². The van der Waals surface area contributed by atoms with Gasteiger partial charge in [0.1, 0.15) is 11.4 Å². The lowest BCUT2D eigenvalue weighted by molar-refractivity contribution is -0.183. The fourth-order valence-corrected chi connectivity index (χ4v) is 3.96. The molecule has 0 bridgehead atoms. The molecular weight excluding hydrogens is 310 g/mol. The predicted molar refractivity (Wildman–Crippen MR) is 78.6 cm³/mol. The van der Waals surface area contributed by atoms with Crippen molar-refractivity contribution in [2.75, 3.05) is 6.79 Å². The Balaban J connectivity index is 1.95. The van der Waals surface area contributed by atoms with Crippen LogP contribution in [-0.2, 0) is 23.9 Å². The summed E-state index contributed by atoms with van der Waals surface area (Å²) in [6, 6.07) is -0.799. The highest BCUT2D eigenvalue weighted by Gasteiger charge is 2.63. The minimum Gasteiger partial charge on any atom is -0.427 e. The average molecular weight is 331 g/mol. The van der Waals surface area contributed by atoms with Crippen molar-refractivity contribution in [2.24, 2.45) is 5.41 Å². The van der Waals surface area contributed by atoms with Crippen LogP contribution in [0.1, 0.15) is 34.6 Å². The van der Waals surface area contributed by atoms with Crippen molar-refractivity contribution in [2.45, 2.75) is 56.9 Å². The van der Waals surface area contributed by atoms with E-state index in [-0.39, 0.29) is 0 Å². The van der Waals surface area contributed by atoms with Crippen LogP contribution in [0.3, 0.4) is 0 Å². The normalized spacial score (nSPS) is 29.6. The second-order valence-corrected chi connectivity index (χ2v) is 8.74. The number of esters is 2. The summed E-state index contributed by atoms with van der Waals surface area (Å²) in [5.41, 5.74) is -0.683. The zero-order valence-electron chi connectivity index (χ0n) is 13.3. The summed E-state index contributed by atoms with van der Waals surface area (Å²) >= 11 is 1.36. The lowest BCUT2D eigenvalue weighted by Gasteiger charge is -2.40. The van der Waals surface area contributed by atoms with Crippen molar-refractivity contribution >= 4 is 29.6 Å². The minimum absolute atomic E-state index is 0.419. The average Bonchev–Trinajstić information content (AvgIpc) is 2.65. The summed E-state index contributed by atoms with van der Waals surface area (Å²) < 4.78 is 9.30. The van der Waals surface area contributed by atoms with E-state index in [1.54, 1.807) is 20.8 Å². The number of aliphatic hydroxyl groups is 1. The first-order valence-corrected chi connectivity index (χ1v) is 7.87. The predicted octanol–water partition coefficient (Wildman–Crippen LogP) is 0.500. The third kappa shape index (κ3) is 2.81. The first-order valence-electron chi connectivity index (χ1n) is 6.99. The molecule has 2 fully saturated rings. The van der Waals surface area contributed by atoms with E-state index in [9.17, 15) is 19.5 Å². The van der Waals surface area contributed by atoms with E-state index in [4.69, 9.17) is 9.47 Å². The summed E-state index contributed by atoms with van der Waals surface area (Å²) in [5, 5.41) is 9.20. The summed E-state index contributed by atoms with van der Waals surface area (Å²) in [6.07, 6.45) is -1.07. The Labute approximate surface area is 133 Å². The molecule has 0 aromatic heterocycles. The van der Waals surface area contributed by atoms with Gasteiger partial charge in [-0.15, -0.1) is 11.8 Å². The number of fused-ring (bicyclic) bond motifs is 1. The van der Waals surface area contributed by atoms with Gasteiger partial charge in [0.25, 0.3) is 5.91 Å². The molecule has 1 N–H and O–H groups in total. The quantitative estimate of drug-likeness (QED) is 0.457. The van der Waals surface area contributed by atoms with Crippen LogP contribution in [0.4, 0.5) is 0 Å². The number of β-lactam (4-membered cyclic amide) rings is 1. The Morgan fingerprint density at radius 1 is 1.32 bits per heavy atom. The van der Waals surface area contributed by atoms with Crippen LogP contribution in [0, 0.1) is 5.41 Å². The maximum absolute atomic E-state index is 12.2. The molecule has 0 spiro atoms. The first kappa shape index (κ1) is 17.1. The molecule has 0 radical (unpaired) electrons. The van der Waals surface area contributed by atoms with Gasteiger partial charge < -0.3 is 19.5 Å². The largest absolute Gasteiger partial charge is 0.427 e. The fourth-order valence-electron chi connectivity index (χ4n) is 2.41. The van der Waals surface area contributed by atoms with Gasteiger partial charge in [-0.3, -0.25) is 9.59 Å². The molecule has 0 saturated carbocycles.